The van der Waals surface area contributed by atoms with Crippen molar-refractivity contribution in [3.05, 3.63) is 0 Å². The van der Waals surface area contributed by atoms with Gasteiger partial charge in [-0.05, 0) is 70.0 Å². The van der Waals surface area contributed by atoms with E-state index in [1.807, 2.05) is 0 Å². The molecule has 2 N–H and O–H groups in total. The van der Waals surface area contributed by atoms with Gasteiger partial charge in [0, 0.05) is 6.04 Å². The van der Waals surface area contributed by atoms with Crippen LogP contribution in [-0.4, -0.2) is 25.7 Å². The van der Waals surface area contributed by atoms with Crippen molar-refractivity contribution in [1.82, 2.24) is 10.6 Å². The highest BCUT2D eigenvalue weighted by Gasteiger charge is 2.23. The molecule has 16 heavy (non-hydrogen) atoms. The normalized spacial score (nSPS) is 36.2. The van der Waals surface area contributed by atoms with E-state index in [0.29, 0.717) is 0 Å². The van der Waals surface area contributed by atoms with E-state index in [1.54, 1.807) is 0 Å². The minimum absolute atomic E-state index is 0.818. The molecule has 2 rings (SSSR count). The molecule has 0 aliphatic carbocycles. The molecule has 0 spiro atoms. The molecule has 94 valence electrons. The van der Waals surface area contributed by atoms with Crippen LogP contribution in [0, 0.1) is 11.8 Å². The number of nitrogens with one attached hydrogen (secondary N) is 2. The van der Waals surface area contributed by atoms with Crippen LogP contribution < -0.4 is 10.6 Å². The molecule has 1 unspecified atom stereocenters. The number of hydrogen-bond acceptors (Lipinski definition) is 2. The number of hydrogen-bond donors (Lipinski definition) is 2. The third-order valence-corrected chi connectivity index (χ3v) is 4.33. The molecule has 2 heteroatoms. The Hall–Kier alpha value is -0.0800. The summed E-state index contributed by atoms with van der Waals surface area (Å²) in [5.41, 5.74) is 0. The SMILES string of the molecule is CCC[C@H]1CCC(C[C@@H]2CCCNC2)NC1. The monoisotopic (exact) mass is 224 g/mol. The Morgan fingerprint density at radius 2 is 2.00 bits per heavy atom. The van der Waals surface area contributed by atoms with Crippen LogP contribution in [-0.2, 0) is 0 Å². The molecule has 2 saturated heterocycles. The van der Waals surface area contributed by atoms with Crippen molar-refractivity contribution in [3.63, 3.8) is 0 Å². The number of rotatable bonds is 4. The van der Waals surface area contributed by atoms with Crippen molar-refractivity contribution in [2.24, 2.45) is 11.8 Å². The standard InChI is InChI=1S/C14H28N2/c1-2-4-12-6-7-14(16-11-12)9-13-5-3-8-15-10-13/h12-16H,2-11H2,1H3/t12-,13-,14?/m0/s1. The summed E-state index contributed by atoms with van der Waals surface area (Å²) in [4.78, 5) is 0. The van der Waals surface area contributed by atoms with Crippen molar-refractivity contribution in [1.29, 1.82) is 0 Å². The Labute approximate surface area is 101 Å². The molecule has 0 bridgehead atoms. The van der Waals surface area contributed by atoms with E-state index >= 15 is 0 Å². The average Bonchev–Trinajstić information content (AvgIpc) is 2.33. The minimum atomic E-state index is 0.818. The summed E-state index contributed by atoms with van der Waals surface area (Å²) in [5.74, 6) is 1.90. The smallest absolute Gasteiger partial charge is 0.00704 e. The summed E-state index contributed by atoms with van der Waals surface area (Å²) >= 11 is 0. The summed E-state index contributed by atoms with van der Waals surface area (Å²) < 4.78 is 0. The Morgan fingerprint density at radius 1 is 1.06 bits per heavy atom. The first kappa shape index (κ1) is 12.4. The molecular formula is C14H28N2. The molecule has 0 saturated carbocycles. The summed E-state index contributed by atoms with van der Waals surface area (Å²) in [6.07, 6.45) is 9.90. The van der Waals surface area contributed by atoms with E-state index in [-0.39, 0.29) is 0 Å². The van der Waals surface area contributed by atoms with E-state index in [9.17, 15) is 0 Å². The van der Waals surface area contributed by atoms with Crippen LogP contribution in [0.5, 0.6) is 0 Å². The predicted octanol–water partition coefficient (Wildman–Crippen LogP) is 2.54. The third-order valence-electron chi connectivity index (χ3n) is 4.33. The van der Waals surface area contributed by atoms with E-state index in [4.69, 9.17) is 0 Å². The lowest BCUT2D eigenvalue weighted by molar-refractivity contribution is 0.243. The van der Waals surface area contributed by atoms with E-state index < -0.39 is 0 Å². The summed E-state index contributed by atoms with van der Waals surface area (Å²) in [7, 11) is 0. The van der Waals surface area contributed by atoms with Crippen molar-refractivity contribution in [2.45, 2.75) is 57.9 Å². The van der Waals surface area contributed by atoms with Crippen LogP contribution in [0.2, 0.25) is 0 Å². The molecule has 2 aliphatic rings. The topological polar surface area (TPSA) is 24.1 Å². The molecule has 0 aromatic heterocycles. The fraction of sp³-hybridized carbons (Fsp3) is 1.00. The first-order valence-corrected chi connectivity index (χ1v) is 7.32. The molecule has 2 aliphatic heterocycles. The van der Waals surface area contributed by atoms with Gasteiger partial charge >= 0.3 is 0 Å². The maximum atomic E-state index is 3.77. The Bertz CT molecular complexity index is 179. The Kier molecular flexibility index (Phi) is 5.11. The fourth-order valence-electron chi connectivity index (χ4n) is 3.36. The van der Waals surface area contributed by atoms with Gasteiger partial charge in [0.05, 0.1) is 0 Å². The van der Waals surface area contributed by atoms with Gasteiger partial charge in [-0.25, -0.2) is 0 Å². The lowest BCUT2D eigenvalue weighted by Crippen LogP contribution is -2.42. The largest absolute Gasteiger partial charge is 0.316 e. The van der Waals surface area contributed by atoms with Crippen LogP contribution >= 0.6 is 0 Å². The zero-order valence-corrected chi connectivity index (χ0v) is 10.8. The van der Waals surface area contributed by atoms with E-state index in [0.717, 1.165) is 17.9 Å². The predicted molar refractivity (Wildman–Crippen MR) is 69.6 cm³/mol. The van der Waals surface area contributed by atoms with E-state index in [2.05, 4.69) is 17.6 Å². The second-order valence-corrected chi connectivity index (χ2v) is 5.79. The fourth-order valence-corrected chi connectivity index (χ4v) is 3.36. The molecule has 0 aromatic carbocycles. The summed E-state index contributed by atoms with van der Waals surface area (Å²) in [6.45, 7) is 6.09. The van der Waals surface area contributed by atoms with Crippen molar-refractivity contribution >= 4 is 0 Å². The minimum Gasteiger partial charge on any atom is -0.316 e. The van der Waals surface area contributed by atoms with Crippen LogP contribution in [0.25, 0.3) is 0 Å². The van der Waals surface area contributed by atoms with Crippen LogP contribution in [0.4, 0.5) is 0 Å². The van der Waals surface area contributed by atoms with Crippen LogP contribution in [0.1, 0.15) is 51.9 Å². The van der Waals surface area contributed by atoms with E-state index in [1.165, 1.54) is 64.6 Å². The molecule has 2 heterocycles. The zero-order valence-electron chi connectivity index (χ0n) is 10.8. The Morgan fingerprint density at radius 3 is 2.62 bits per heavy atom. The molecule has 0 aromatic rings. The van der Waals surface area contributed by atoms with Gasteiger partial charge in [-0.3, -0.25) is 0 Å². The summed E-state index contributed by atoms with van der Waals surface area (Å²) in [5, 5.41) is 7.30. The van der Waals surface area contributed by atoms with Gasteiger partial charge in [-0.15, -0.1) is 0 Å². The maximum Gasteiger partial charge on any atom is 0.00704 e. The second-order valence-electron chi connectivity index (χ2n) is 5.79. The first-order chi connectivity index (χ1) is 7.88. The van der Waals surface area contributed by atoms with Crippen molar-refractivity contribution in [2.75, 3.05) is 19.6 Å². The van der Waals surface area contributed by atoms with Crippen LogP contribution in [0.15, 0.2) is 0 Å². The lowest BCUT2D eigenvalue weighted by Gasteiger charge is -2.33. The second kappa shape index (κ2) is 6.61. The van der Waals surface area contributed by atoms with Gasteiger partial charge in [0.2, 0.25) is 0 Å². The van der Waals surface area contributed by atoms with Gasteiger partial charge < -0.3 is 10.6 Å². The lowest BCUT2D eigenvalue weighted by atomic mass is 9.85. The molecule has 0 amide bonds. The average molecular weight is 224 g/mol. The molecular weight excluding hydrogens is 196 g/mol. The summed E-state index contributed by atoms with van der Waals surface area (Å²) in [6, 6.07) is 0.818. The van der Waals surface area contributed by atoms with Gasteiger partial charge in [0.1, 0.15) is 0 Å². The molecule has 3 atom stereocenters. The van der Waals surface area contributed by atoms with Crippen LogP contribution in [0.3, 0.4) is 0 Å². The van der Waals surface area contributed by atoms with Gasteiger partial charge in [-0.1, -0.05) is 13.3 Å². The van der Waals surface area contributed by atoms with Crippen molar-refractivity contribution < 1.29 is 0 Å². The van der Waals surface area contributed by atoms with Crippen molar-refractivity contribution in [3.8, 4) is 0 Å². The quantitative estimate of drug-likeness (QED) is 0.767. The maximum absolute atomic E-state index is 3.77. The van der Waals surface area contributed by atoms with Gasteiger partial charge in [0.15, 0.2) is 0 Å². The Balaban J connectivity index is 1.64. The molecule has 2 nitrogen and oxygen atoms in total. The first-order valence-electron chi connectivity index (χ1n) is 7.32. The zero-order chi connectivity index (χ0) is 11.2. The molecule has 2 fully saturated rings. The number of piperidine rings is 2. The highest BCUT2D eigenvalue weighted by Crippen LogP contribution is 2.24. The third kappa shape index (κ3) is 3.74. The van der Waals surface area contributed by atoms with Gasteiger partial charge in [-0.2, -0.15) is 0 Å². The highest BCUT2D eigenvalue weighted by molar-refractivity contribution is 4.81. The highest BCUT2D eigenvalue weighted by atomic mass is 14.9. The molecule has 0 radical (unpaired) electrons. The van der Waals surface area contributed by atoms with Gasteiger partial charge in [0.25, 0.3) is 0 Å².